The number of anilines is 1. The van der Waals surface area contributed by atoms with Crippen LogP contribution in [0.5, 0.6) is 0 Å². The molecule has 2 rings (SSSR count). The third-order valence-corrected chi connectivity index (χ3v) is 3.12. The fourth-order valence-corrected chi connectivity index (χ4v) is 2.00. The molecule has 0 aromatic heterocycles. The van der Waals surface area contributed by atoms with Crippen LogP contribution in [0.4, 0.5) is 5.69 Å². The highest BCUT2D eigenvalue weighted by molar-refractivity contribution is 5.39. The molecule has 3 heteroatoms. The Hall–Kier alpha value is -1.06. The Morgan fingerprint density at radius 3 is 2.44 bits per heavy atom. The van der Waals surface area contributed by atoms with Gasteiger partial charge >= 0.3 is 0 Å². The van der Waals surface area contributed by atoms with Crippen LogP contribution in [-0.4, -0.2) is 35.7 Å². The molecule has 0 aliphatic heterocycles. The smallest absolute Gasteiger partial charge is 0.0558 e. The molecule has 1 saturated carbocycles. The zero-order valence-electron chi connectivity index (χ0n) is 9.60. The summed E-state index contributed by atoms with van der Waals surface area (Å²) in [5, 5.41) is 8.99. The fourth-order valence-electron chi connectivity index (χ4n) is 2.00. The van der Waals surface area contributed by atoms with Gasteiger partial charge < -0.3 is 10.8 Å². The first-order valence-corrected chi connectivity index (χ1v) is 5.99. The van der Waals surface area contributed by atoms with Crippen LogP contribution in [0.1, 0.15) is 18.4 Å². The summed E-state index contributed by atoms with van der Waals surface area (Å²) in [5.41, 5.74) is 7.78. The van der Waals surface area contributed by atoms with E-state index in [1.807, 2.05) is 12.1 Å². The van der Waals surface area contributed by atoms with Gasteiger partial charge in [-0.15, -0.1) is 0 Å². The minimum Gasteiger partial charge on any atom is -0.399 e. The summed E-state index contributed by atoms with van der Waals surface area (Å²) >= 11 is 0. The molecule has 0 bridgehead atoms. The average molecular weight is 220 g/mol. The van der Waals surface area contributed by atoms with Crippen LogP contribution in [0.15, 0.2) is 24.3 Å². The van der Waals surface area contributed by atoms with E-state index in [2.05, 4.69) is 17.0 Å². The maximum Gasteiger partial charge on any atom is 0.0558 e. The molecular formula is C13H20N2O. The molecule has 0 unspecified atom stereocenters. The van der Waals surface area contributed by atoms with Crippen LogP contribution >= 0.6 is 0 Å². The summed E-state index contributed by atoms with van der Waals surface area (Å²) in [5.74, 6) is 0. The number of nitrogens with two attached hydrogens (primary N) is 1. The number of nitrogen functional groups attached to an aromatic ring is 1. The van der Waals surface area contributed by atoms with Crippen LogP contribution in [0.2, 0.25) is 0 Å². The number of benzene rings is 1. The van der Waals surface area contributed by atoms with Crippen molar-refractivity contribution in [2.75, 3.05) is 25.4 Å². The van der Waals surface area contributed by atoms with E-state index in [1.54, 1.807) is 0 Å². The number of aliphatic hydroxyl groups is 1. The lowest BCUT2D eigenvalue weighted by atomic mass is 10.1. The Morgan fingerprint density at radius 1 is 1.19 bits per heavy atom. The first-order chi connectivity index (χ1) is 7.79. The SMILES string of the molecule is Nc1ccc(CCN(CCO)C2CC2)cc1. The molecule has 0 atom stereocenters. The Kier molecular flexibility index (Phi) is 3.80. The zero-order valence-corrected chi connectivity index (χ0v) is 9.60. The normalized spacial score (nSPS) is 15.6. The maximum atomic E-state index is 8.99. The molecule has 3 N–H and O–H groups in total. The molecule has 1 fully saturated rings. The standard InChI is InChI=1S/C13H20N2O/c14-12-3-1-11(2-4-12)7-8-15(9-10-16)13-5-6-13/h1-4,13,16H,5-10,14H2. The quantitative estimate of drug-likeness (QED) is 0.710. The second-order valence-electron chi connectivity index (χ2n) is 4.48. The van der Waals surface area contributed by atoms with Gasteiger partial charge in [0, 0.05) is 24.8 Å². The van der Waals surface area contributed by atoms with Gasteiger partial charge in [-0.05, 0) is 37.0 Å². The Balaban J connectivity index is 1.82. The number of nitrogens with zero attached hydrogens (tertiary/aromatic N) is 1. The van der Waals surface area contributed by atoms with Crippen LogP contribution < -0.4 is 5.73 Å². The van der Waals surface area contributed by atoms with E-state index >= 15 is 0 Å². The van der Waals surface area contributed by atoms with Crippen molar-refractivity contribution in [3.05, 3.63) is 29.8 Å². The average Bonchev–Trinajstić information content (AvgIpc) is 3.10. The number of aliphatic hydroxyl groups excluding tert-OH is 1. The Morgan fingerprint density at radius 2 is 1.88 bits per heavy atom. The van der Waals surface area contributed by atoms with Gasteiger partial charge in [-0.25, -0.2) is 0 Å². The van der Waals surface area contributed by atoms with E-state index in [0.717, 1.165) is 31.2 Å². The lowest BCUT2D eigenvalue weighted by Gasteiger charge is -2.20. The van der Waals surface area contributed by atoms with Crippen molar-refractivity contribution < 1.29 is 5.11 Å². The summed E-state index contributed by atoms with van der Waals surface area (Å²) in [6.07, 6.45) is 3.63. The second-order valence-corrected chi connectivity index (χ2v) is 4.48. The van der Waals surface area contributed by atoms with Crippen molar-refractivity contribution in [2.45, 2.75) is 25.3 Å². The van der Waals surface area contributed by atoms with Gasteiger partial charge in [0.2, 0.25) is 0 Å². The van der Waals surface area contributed by atoms with Crippen molar-refractivity contribution in [2.24, 2.45) is 0 Å². The summed E-state index contributed by atoms with van der Waals surface area (Å²) < 4.78 is 0. The van der Waals surface area contributed by atoms with E-state index in [0.29, 0.717) is 0 Å². The topological polar surface area (TPSA) is 49.5 Å². The molecule has 88 valence electrons. The molecule has 0 spiro atoms. The molecule has 1 aliphatic rings. The lowest BCUT2D eigenvalue weighted by molar-refractivity contribution is 0.191. The highest BCUT2D eigenvalue weighted by atomic mass is 16.3. The number of hydrogen-bond acceptors (Lipinski definition) is 3. The van der Waals surface area contributed by atoms with E-state index in [-0.39, 0.29) is 6.61 Å². The van der Waals surface area contributed by atoms with Gasteiger partial charge in [0.25, 0.3) is 0 Å². The van der Waals surface area contributed by atoms with E-state index in [4.69, 9.17) is 10.8 Å². The van der Waals surface area contributed by atoms with Gasteiger partial charge in [0.15, 0.2) is 0 Å². The van der Waals surface area contributed by atoms with Crippen LogP contribution in [0.25, 0.3) is 0 Å². The van der Waals surface area contributed by atoms with Crippen LogP contribution in [0.3, 0.4) is 0 Å². The Bertz CT molecular complexity index is 319. The van der Waals surface area contributed by atoms with E-state index in [1.165, 1.54) is 18.4 Å². The van der Waals surface area contributed by atoms with Crippen LogP contribution in [0, 0.1) is 0 Å². The predicted molar refractivity (Wildman–Crippen MR) is 66.2 cm³/mol. The fraction of sp³-hybridized carbons (Fsp3) is 0.538. The largest absolute Gasteiger partial charge is 0.399 e. The van der Waals surface area contributed by atoms with E-state index in [9.17, 15) is 0 Å². The summed E-state index contributed by atoms with van der Waals surface area (Å²) in [6, 6.07) is 8.78. The molecule has 0 heterocycles. The minimum absolute atomic E-state index is 0.262. The molecule has 0 radical (unpaired) electrons. The van der Waals surface area contributed by atoms with Gasteiger partial charge in [-0.2, -0.15) is 0 Å². The van der Waals surface area contributed by atoms with Gasteiger partial charge in [0.1, 0.15) is 0 Å². The Labute approximate surface area is 96.9 Å². The number of rotatable bonds is 6. The molecule has 3 nitrogen and oxygen atoms in total. The van der Waals surface area contributed by atoms with Crippen molar-refractivity contribution in [3.8, 4) is 0 Å². The molecule has 0 amide bonds. The van der Waals surface area contributed by atoms with Gasteiger partial charge in [-0.1, -0.05) is 12.1 Å². The highest BCUT2D eigenvalue weighted by Gasteiger charge is 2.27. The lowest BCUT2D eigenvalue weighted by Crippen LogP contribution is -2.31. The molecule has 1 aromatic rings. The van der Waals surface area contributed by atoms with Crippen molar-refractivity contribution >= 4 is 5.69 Å². The predicted octanol–water partition coefficient (Wildman–Crippen LogP) is 1.27. The van der Waals surface area contributed by atoms with Gasteiger partial charge in [-0.3, -0.25) is 4.90 Å². The first kappa shape index (κ1) is 11.4. The molecule has 1 aliphatic carbocycles. The van der Waals surface area contributed by atoms with Gasteiger partial charge in [0.05, 0.1) is 6.61 Å². The van der Waals surface area contributed by atoms with Crippen molar-refractivity contribution in [3.63, 3.8) is 0 Å². The van der Waals surface area contributed by atoms with Crippen molar-refractivity contribution in [1.29, 1.82) is 0 Å². The second kappa shape index (κ2) is 5.32. The molecule has 16 heavy (non-hydrogen) atoms. The van der Waals surface area contributed by atoms with Crippen molar-refractivity contribution in [1.82, 2.24) is 4.90 Å². The first-order valence-electron chi connectivity index (χ1n) is 5.99. The van der Waals surface area contributed by atoms with E-state index < -0.39 is 0 Å². The highest BCUT2D eigenvalue weighted by Crippen LogP contribution is 2.26. The summed E-state index contributed by atoms with van der Waals surface area (Å²) in [6.45, 7) is 2.10. The van der Waals surface area contributed by atoms with Crippen LogP contribution in [-0.2, 0) is 6.42 Å². The minimum atomic E-state index is 0.262. The maximum absolute atomic E-state index is 8.99. The summed E-state index contributed by atoms with van der Waals surface area (Å²) in [4.78, 5) is 2.39. The zero-order chi connectivity index (χ0) is 11.4. The number of hydrogen-bond donors (Lipinski definition) is 2. The molecule has 0 saturated heterocycles. The third-order valence-electron chi connectivity index (χ3n) is 3.12. The third kappa shape index (κ3) is 3.22. The monoisotopic (exact) mass is 220 g/mol. The molecule has 1 aromatic carbocycles. The molecular weight excluding hydrogens is 200 g/mol. The summed E-state index contributed by atoms with van der Waals surface area (Å²) in [7, 11) is 0.